The standard InChI is InChI=1S/C24H31NO2/c1-2-3-7-19-10-12-21(13-11-19)24(26)14-22-17-27-18-23(15-24)25(22)16-20-8-5-4-6-9-20/h4-6,8-13,22-23,26H,2-3,7,14-18H2,1H3. The van der Waals surface area contributed by atoms with Crippen molar-refractivity contribution < 1.29 is 9.84 Å². The number of nitrogens with zero attached hydrogens (tertiary/aromatic N) is 1. The van der Waals surface area contributed by atoms with E-state index in [1.807, 2.05) is 0 Å². The molecular weight excluding hydrogens is 334 g/mol. The Bertz CT molecular complexity index is 714. The minimum absolute atomic E-state index is 0.266. The second kappa shape index (κ2) is 8.14. The van der Waals surface area contributed by atoms with E-state index in [9.17, 15) is 5.11 Å². The van der Waals surface area contributed by atoms with Crippen molar-refractivity contribution in [3.05, 3.63) is 71.3 Å². The van der Waals surface area contributed by atoms with Crippen LogP contribution in [0.25, 0.3) is 0 Å². The molecule has 3 heteroatoms. The van der Waals surface area contributed by atoms with Crippen LogP contribution >= 0.6 is 0 Å². The van der Waals surface area contributed by atoms with E-state index in [1.54, 1.807) is 0 Å². The molecule has 1 N–H and O–H groups in total. The summed E-state index contributed by atoms with van der Waals surface area (Å²) in [6, 6.07) is 19.9. The highest BCUT2D eigenvalue weighted by Gasteiger charge is 2.46. The van der Waals surface area contributed by atoms with Crippen LogP contribution in [0.2, 0.25) is 0 Å². The zero-order valence-corrected chi connectivity index (χ0v) is 16.3. The molecule has 2 saturated heterocycles. The van der Waals surface area contributed by atoms with Crippen LogP contribution in [-0.2, 0) is 23.3 Å². The maximum atomic E-state index is 11.5. The van der Waals surface area contributed by atoms with E-state index in [4.69, 9.17) is 4.74 Å². The summed E-state index contributed by atoms with van der Waals surface area (Å²) in [5.41, 5.74) is 3.03. The number of aliphatic hydroxyl groups is 1. The van der Waals surface area contributed by atoms with Crippen LogP contribution in [0.1, 0.15) is 49.3 Å². The summed E-state index contributed by atoms with van der Waals surface area (Å²) in [5, 5.41) is 11.5. The summed E-state index contributed by atoms with van der Waals surface area (Å²) in [6.07, 6.45) is 5.04. The molecule has 4 rings (SSSR count). The molecule has 2 heterocycles. The average molecular weight is 366 g/mol. The molecular formula is C24H31NO2. The molecule has 0 saturated carbocycles. The molecule has 2 unspecified atom stereocenters. The average Bonchev–Trinajstić information content (AvgIpc) is 2.68. The monoisotopic (exact) mass is 365 g/mol. The lowest BCUT2D eigenvalue weighted by Gasteiger charge is -2.52. The highest BCUT2D eigenvalue weighted by atomic mass is 16.5. The normalized spacial score (nSPS) is 28.2. The van der Waals surface area contributed by atoms with Gasteiger partial charge in [0, 0.05) is 18.6 Å². The molecule has 2 aromatic rings. The fraction of sp³-hybridized carbons (Fsp3) is 0.500. The van der Waals surface area contributed by atoms with E-state index in [2.05, 4.69) is 66.4 Å². The summed E-state index contributed by atoms with van der Waals surface area (Å²) in [7, 11) is 0. The minimum Gasteiger partial charge on any atom is -0.385 e. The number of ether oxygens (including phenoxy) is 1. The van der Waals surface area contributed by atoms with E-state index < -0.39 is 5.60 Å². The molecule has 2 fully saturated rings. The first-order valence-corrected chi connectivity index (χ1v) is 10.4. The van der Waals surface area contributed by atoms with Gasteiger partial charge in [0.2, 0.25) is 0 Å². The van der Waals surface area contributed by atoms with Gasteiger partial charge in [0.25, 0.3) is 0 Å². The van der Waals surface area contributed by atoms with Crippen LogP contribution < -0.4 is 0 Å². The maximum absolute atomic E-state index is 11.5. The predicted molar refractivity (Wildman–Crippen MR) is 109 cm³/mol. The van der Waals surface area contributed by atoms with Gasteiger partial charge < -0.3 is 9.84 Å². The topological polar surface area (TPSA) is 32.7 Å². The van der Waals surface area contributed by atoms with Gasteiger partial charge in [0.15, 0.2) is 0 Å². The lowest BCUT2D eigenvalue weighted by molar-refractivity contribution is -0.149. The number of aryl methyl sites for hydroxylation is 1. The van der Waals surface area contributed by atoms with Crippen molar-refractivity contribution in [3.8, 4) is 0 Å². The highest BCUT2D eigenvalue weighted by molar-refractivity contribution is 5.29. The number of piperidine rings is 1. The van der Waals surface area contributed by atoms with Crippen molar-refractivity contribution in [2.75, 3.05) is 13.2 Å². The number of fused-ring (bicyclic) bond motifs is 2. The molecule has 2 aromatic carbocycles. The van der Waals surface area contributed by atoms with Gasteiger partial charge in [0.05, 0.1) is 18.8 Å². The van der Waals surface area contributed by atoms with Crippen LogP contribution in [0, 0.1) is 0 Å². The highest BCUT2D eigenvalue weighted by Crippen LogP contribution is 2.41. The van der Waals surface area contributed by atoms with Gasteiger partial charge >= 0.3 is 0 Å². The Balaban J connectivity index is 1.50. The van der Waals surface area contributed by atoms with Crippen molar-refractivity contribution in [1.29, 1.82) is 0 Å². The van der Waals surface area contributed by atoms with Crippen LogP contribution in [0.4, 0.5) is 0 Å². The third-order valence-electron chi connectivity index (χ3n) is 6.22. The van der Waals surface area contributed by atoms with Crippen molar-refractivity contribution in [1.82, 2.24) is 4.90 Å². The summed E-state index contributed by atoms with van der Waals surface area (Å²) in [5.74, 6) is 0. The molecule has 27 heavy (non-hydrogen) atoms. The SMILES string of the molecule is CCCCc1ccc(C2(O)CC3COCC(C2)N3Cc2ccccc2)cc1. The summed E-state index contributed by atoms with van der Waals surface area (Å²) in [6.45, 7) is 4.58. The predicted octanol–water partition coefficient (Wildman–Crippen LogP) is 4.28. The van der Waals surface area contributed by atoms with Gasteiger partial charge in [-0.3, -0.25) is 4.90 Å². The molecule has 0 aromatic heterocycles. The lowest BCUT2D eigenvalue weighted by Crippen LogP contribution is -2.60. The van der Waals surface area contributed by atoms with E-state index in [-0.39, 0.29) is 12.1 Å². The Morgan fingerprint density at radius 1 is 0.963 bits per heavy atom. The number of hydrogen-bond donors (Lipinski definition) is 1. The van der Waals surface area contributed by atoms with Crippen molar-refractivity contribution in [3.63, 3.8) is 0 Å². The van der Waals surface area contributed by atoms with Gasteiger partial charge in [-0.1, -0.05) is 67.9 Å². The van der Waals surface area contributed by atoms with Gasteiger partial charge in [-0.2, -0.15) is 0 Å². The van der Waals surface area contributed by atoms with Crippen LogP contribution in [0.3, 0.4) is 0 Å². The lowest BCUT2D eigenvalue weighted by atomic mass is 9.76. The summed E-state index contributed by atoms with van der Waals surface area (Å²) >= 11 is 0. The second-order valence-corrected chi connectivity index (χ2v) is 8.24. The Hall–Kier alpha value is -1.68. The molecule has 2 bridgehead atoms. The first-order valence-electron chi connectivity index (χ1n) is 10.4. The molecule has 0 amide bonds. The van der Waals surface area contributed by atoms with Crippen molar-refractivity contribution >= 4 is 0 Å². The van der Waals surface area contributed by atoms with Gasteiger partial charge in [-0.15, -0.1) is 0 Å². The molecule has 0 aliphatic carbocycles. The first-order chi connectivity index (χ1) is 13.2. The molecule has 2 aliphatic rings. The fourth-order valence-electron chi connectivity index (χ4n) is 4.70. The Morgan fingerprint density at radius 3 is 2.26 bits per heavy atom. The van der Waals surface area contributed by atoms with Crippen LogP contribution in [0.5, 0.6) is 0 Å². The van der Waals surface area contributed by atoms with Crippen LogP contribution in [0.15, 0.2) is 54.6 Å². The number of morpholine rings is 1. The fourth-order valence-corrected chi connectivity index (χ4v) is 4.70. The van der Waals surface area contributed by atoms with E-state index in [0.717, 1.165) is 31.4 Å². The van der Waals surface area contributed by atoms with Gasteiger partial charge in [-0.25, -0.2) is 0 Å². The van der Waals surface area contributed by atoms with Crippen molar-refractivity contribution in [2.45, 2.75) is 63.3 Å². The van der Waals surface area contributed by atoms with E-state index in [1.165, 1.54) is 24.0 Å². The minimum atomic E-state index is -0.740. The van der Waals surface area contributed by atoms with E-state index >= 15 is 0 Å². The smallest absolute Gasteiger partial charge is 0.0928 e. The van der Waals surface area contributed by atoms with Crippen molar-refractivity contribution in [2.24, 2.45) is 0 Å². The third-order valence-corrected chi connectivity index (χ3v) is 6.22. The summed E-state index contributed by atoms with van der Waals surface area (Å²) < 4.78 is 5.84. The largest absolute Gasteiger partial charge is 0.385 e. The van der Waals surface area contributed by atoms with Gasteiger partial charge in [-0.05, 0) is 42.4 Å². The molecule has 2 aliphatic heterocycles. The van der Waals surface area contributed by atoms with Gasteiger partial charge in [0.1, 0.15) is 0 Å². The molecule has 0 spiro atoms. The number of unbranched alkanes of at least 4 members (excludes halogenated alkanes) is 1. The Kier molecular flexibility index (Phi) is 5.63. The molecule has 144 valence electrons. The molecule has 3 nitrogen and oxygen atoms in total. The second-order valence-electron chi connectivity index (χ2n) is 8.24. The number of hydrogen-bond acceptors (Lipinski definition) is 3. The van der Waals surface area contributed by atoms with Crippen LogP contribution in [-0.4, -0.2) is 35.3 Å². The molecule has 2 atom stereocenters. The van der Waals surface area contributed by atoms with E-state index in [0.29, 0.717) is 13.2 Å². The zero-order chi connectivity index (χ0) is 18.7. The maximum Gasteiger partial charge on any atom is 0.0928 e. The quantitative estimate of drug-likeness (QED) is 0.829. The first kappa shape index (κ1) is 18.7. The number of benzene rings is 2. The third kappa shape index (κ3) is 4.11. The zero-order valence-electron chi connectivity index (χ0n) is 16.3. The molecule has 0 radical (unpaired) electrons. The number of rotatable bonds is 6. The Morgan fingerprint density at radius 2 is 1.63 bits per heavy atom. The summed E-state index contributed by atoms with van der Waals surface area (Å²) in [4.78, 5) is 2.54. The Labute approximate surface area is 163 Å².